The highest BCUT2D eigenvalue weighted by molar-refractivity contribution is 6.08. The number of hydrogen-bond acceptors (Lipinski definition) is 3. The van der Waals surface area contributed by atoms with Gasteiger partial charge in [0.15, 0.2) is 0 Å². The Morgan fingerprint density at radius 1 is 0.944 bits per heavy atom. The number of ketones is 1. The lowest BCUT2D eigenvalue weighted by molar-refractivity contribution is 0.102. The van der Waals surface area contributed by atoms with Gasteiger partial charge in [0.1, 0.15) is 11.4 Å². The van der Waals surface area contributed by atoms with Crippen LogP contribution in [0, 0.1) is 0 Å². The number of aromatic nitrogens is 2. The van der Waals surface area contributed by atoms with Crippen molar-refractivity contribution in [3.8, 4) is 0 Å². The summed E-state index contributed by atoms with van der Waals surface area (Å²) in [4.78, 5) is 20.9. The van der Waals surface area contributed by atoms with Crippen LogP contribution in [0.25, 0.3) is 0 Å². The van der Waals surface area contributed by atoms with Crippen molar-refractivity contribution in [1.29, 1.82) is 0 Å². The second-order valence-corrected chi connectivity index (χ2v) is 4.06. The van der Waals surface area contributed by atoms with Gasteiger partial charge in [-0.3, -0.25) is 14.8 Å². The molecule has 2 rings (SSSR count). The van der Waals surface area contributed by atoms with Gasteiger partial charge in [0.25, 0.3) is 0 Å². The Bertz CT molecular complexity index is 514. The monoisotopic (exact) mass is 240 g/mol. The molecule has 0 fully saturated rings. The van der Waals surface area contributed by atoms with Gasteiger partial charge in [-0.2, -0.15) is 0 Å². The molecule has 0 saturated carbocycles. The summed E-state index contributed by atoms with van der Waals surface area (Å²) in [5.41, 5.74) is 2.98. The first-order valence-electron chi connectivity index (χ1n) is 6.20. The molecule has 0 spiro atoms. The zero-order valence-electron chi connectivity index (χ0n) is 10.7. The first kappa shape index (κ1) is 12.4. The largest absolute Gasteiger partial charge is 0.285 e. The Hall–Kier alpha value is -2.03. The van der Waals surface area contributed by atoms with Crippen LogP contribution in [-0.2, 0) is 12.8 Å². The van der Waals surface area contributed by atoms with Crippen LogP contribution in [0.15, 0.2) is 36.7 Å². The predicted molar refractivity (Wildman–Crippen MR) is 70.7 cm³/mol. The van der Waals surface area contributed by atoms with Gasteiger partial charge in [-0.05, 0) is 36.1 Å². The molecule has 0 aliphatic carbocycles. The third-order valence-electron chi connectivity index (χ3n) is 2.97. The molecular formula is C15H16N2O. The first-order chi connectivity index (χ1) is 8.77. The van der Waals surface area contributed by atoms with Crippen molar-refractivity contribution in [3.05, 3.63) is 59.2 Å². The predicted octanol–water partition coefficient (Wildman–Crippen LogP) is 2.83. The van der Waals surface area contributed by atoms with E-state index in [-0.39, 0.29) is 5.78 Å². The Balaban J connectivity index is 2.48. The van der Waals surface area contributed by atoms with Crippen molar-refractivity contribution in [2.24, 2.45) is 0 Å². The third-order valence-corrected chi connectivity index (χ3v) is 2.97. The fourth-order valence-electron chi connectivity index (χ4n) is 1.97. The number of aryl methyl sites for hydroxylation is 2. The molecule has 3 heteroatoms. The van der Waals surface area contributed by atoms with Gasteiger partial charge in [0, 0.05) is 12.4 Å². The highest BCUT2D eigenvalue weighted by Gasteiger charge is 2.17. The zero-order chi connectivity index (χ0) is 13.0. The summed E-state index contributed by atoms with van der Waals surface area (Å²) < 4.78 is 0. The van der Waals surface area contributed by atoms with Crippen LogP contribution in [0.4, 0.5) is 0 Å². The van der Waals surface area contributed by atoms with Crippen molar-refractivity contribution in [2.45, 2.75) is 26.7 Å². The standard InChI is InChI=1S/C15H16N2O/c1-3-11-7-5-9-16-13(11)15(18)14-12(4-2)8-6-10-17-14/h5-10H,3-4H2,1-2H3. The Kier molecular flexibility index (Phi) is 3.82. The van der Waals surface area contributed by atoms with E-state index in [0.29, 0.717) is 11.4 Å². The Morgan fingerprint density at radius 2 is 1.39 bits per heavy atom. The summed E-state index contributed by atoms with van der Waals surface area (Å²) in [6, 6.07) is 7.59. The van der Waals surface area contributed by atoms with Gasteiger partial charge in [0.2, 0.25) is 5.78 Å². The molecule has 0 aliphatic rings. The molecule has 0 bridgehead atoms. The van der Waals surface area contributed by atoms with Gasteiger partial charge in [-0.1, -0.05) is 26.0 Å². The molecular weight excluding hydrogens is 224 g/mol. The van der Waals surface area contributed by atoms with Crippen LogP contribution in [0.1, 0.15) is 41.2 Å². The SMILES string of the molecule is CCc1cccnc1C(=O)c1ncccc1CC. The molecule has 0 amide bonds. The molecule has 2 aromatic rings. The Morgan fingerprint density at radius 3 is 1.78 bits per heavy atom. The number of nitrogens with zero attached hydrogens (tertiary/aromatic N) is 2. The third kappa shape index (κ3) is 2.30. The normalized spacial score (nSPS) is 10.3. The molecule has 0 aromatic carbocycles. The quantitative estimate of drug-likeness (QED) is 0.772. The van der Waals surface area contributed by atoms with Crippen molar-refractivity contribution >= 4 is 5.78 Å². The van der Waals surface area contributed by atoms with Crippen molar-refractivity contribution in [3.63, 3.8) is 0 Å². The van der Waals surface area contributed by atoms with E-state index in [9.17, 15) is 4.79 Å². The van der Waals surface area contributed by atoms with E-state index in [0.717, 1.165) is 24.0 Å². The highest BCUT2D eigenvalue weighted by atomic mass is 16.1. The number of carbonyl (C=O) groups excluding carboxylic acids is 1. The van der Waals surface area contributed by atoms with Crippen LogP contribution in [0.5, 0.6) is 0 Å². The summed E-state index contributed by atoms with van der Waals surface area (Å²) in [5, 5.41) is 0. The van der Waals surface area contributed by atoms with Gasteiger partial charge >= 0.3 is 0 Å². The molecule has 0 unspecified atom stereocenters. The second-order valence-electron chi connectivity index (χ2n) is 4.06. The molecule has 18 heavy (non-hydrogen) atoms. The van der Waals surface area contributed by atoms with E-state index in [4.69, 9.17) is 0 Å². The molecule has 0 saturated heterocycles. The van der Waals surface area contributed by atoms with Crippen LogP contribution < -0.4 is 0 Å². The van der Waals surface area contributed by atoms with Crippen molar-refractivity contribution < 1.29 is 4.79 Å². The Labute approximate surface area is 107 Å². The van der Waals surface area contributed by atoms with E-state index in [1.165, 1.54) is 0 Å². The van der Waals surface area contributed by atoms with Crippen LogP contribution in [-0.4, -0.2) is 15.8 Å². The lowest BCUT2D eigenvalue weighted by Gasteiger charge is -2.07. The summed E-state index contributed by atoms with van der Waals surface area (Å²) in [6.07, 6.45) is 4.90. The number of carbonyl (C=O) groups is 1. The molecule has 0 N–H and O–H groups in total. The molecule has 0 atom stereocenters. The maximum atomic E-state index is 12.5. The molecule has 2 aromatic heterocycles. The van der Waals surface area contributed by atoms with Crippen molar-refractivity contribution in [2.75, 3.05) is 0 Å². The highest BCUT2D eigenvalue weighted by Crippen LogP contribution is 2.14. The average molecular weight is 240 g/mol. The van der Waals surface area contributed by atoms with E-state index in [1.54, 1.807) is 12.4 Å². The van der Waals surface area contributed by atoms with E-state index in [2.05, 4.69) is 9.97 Å². The minimum Gasteiger partial charge on any atom is -0.285 e. The minimum absolute atomic E-state index is 0.0788. The number of rotatable bonds is 4. The molecule has 2 heterocycles. The first-order valence-corrected chi connectivity index (χ1v) is 6.20. The maximum absolute atomic E-state index is 12.5. The maximum Gasteiger partial charge on any atom is 0.230 e. The van der Waals surface area contributed by atoms with Gasteiger partial charge in [-0.25, -0.2) is 0 Å². The minimum atomic E-state index is -0.0788. The second kappa shape index (κ2) is 5.54. The summed E-state index contributed by atoms with van der Waals surface area (Å²) in [7, 11) is 0. The molecule has 0 radical (unpaired) electrons. The van der Waals surface area contributed by atoms with Crippen LogP contribution >= 0.6 is 0 Å². The summed E-state index contributed by atoms with van der Waals surface area (Å²) in [5.74, 6) is -0.0788. The molecule has 0 aliphatic heterocycles. The van der Waals surface area contributed by atoms with Gasteiger partial charge in [0.05, 0.1) is 0 Å². The summed E-state index contributed by atoms with van der Waals surface area (Å²) >= 11 is 0. The van der Waals surface area contributed by atoms with Crippen LogP contribution in [0.2, 0.25) is 0 Å². The van der Waals surface area contributed by atoms with Crippen molar-refractivity contribution in [1.82, 2.24) is 9.97 Å². The van der Waals surface area contributed by atoms with E-state index in [1.807, 2.05) is 38.1 Å². The molecule has 92 valence electrons. The average Bonchev–Trinajstić information content (AvgIpc) is 2.46. The smallest absolute Gasteiger partial charge is 0.230 e. The fraction of sp³-hybridized carbons (Fsp3) is 0.267. The van der Waals surface area contributed by atoms with Crippen LogP contribution in [0.3, 0.4) is 0 Å². The summed E-state index contributed by atoms with van der Waals surface area (Å²) in [6.45, 7) is 4.04. The van der Waals surface area contributed by atoms with Gasteiger partial charge < -0.3 is 0 Å². The fourth-order valence-corrected chi connectivity index (χ4v) is 1.97. The number of hydrogen-bond donors (Lipinski definition) is 0. The lowest BCUT2D eigenvalue weighted by atomic mass is 10.0. The van der Waals surface area contributed by atoms with E-state index >= 15 is 0 Å². The zero-order valence-corrected chi connectivity index (χ0v) is 10.7. The van der Waals surface area contributed by atoms with Gasteiger partial charge in [-0.15, -0.1) is 0 Å². The van der Waals surface area contributed by atoms with E-state index < -0.39 is 0 Å². The molecule has 3 nitrogen and oxygen atoms in total. The topological polar surface area (TPSA) is 42.9 Å². The lowest BCUT2D eigenvalue weighted by Crippen LogP contribution is -2.12. The number of pyridine rings is 2.